The zero-order chi connectivity index (χ0) is 36.0. The van der Waals surface area contributed by atoms with Crippen molar-refractivity contribution in [3.63, 3.8) is 0 Å². The molecule has 3 aromatic heterocycles. The molecule has 1 saturated carbocycles. The first-order chi connectivity index (χ1) is 23.7. The zero-order valence-corrected chi connectivity index (χ0v) is 33.6. The second-order valence-corrected chi connectivity index (χ2v) is 22.1. The molecule has 1 saturated heterocycles. The Labute approximate surface area is 303 Å². The van der Waals surface area contributed by atoms with E-state index in [1.165, 1.54) is 46.5 Å². The number of piperazine rings is 1. The van der Waals surface area contributed by atoms with E-state index in [1.54, 1.807) is 7.11 Å². The van der Waals surface area contributed by atoms with Gasteiger partial charge in [-0.3, -0.25) is 14.7 Å². The number of methoxy groups -OCH3 is 1. The Bertz CT molecular complexity index is 1830. The molecule has 0 unspecified atom stereocenters. The first kappa shape index (κ1) is 36.8. The number of anilines is 1. The van der Waals surface area contributed by atoms with Crippen molar-refractivity contribution in [3.05, 3.63) is 47.5 Å². The number of fused-ring (bicyclic) bond motifs is 1. The van der Waals surface area contributed by atoms with Crippen LogP contribution in [0.1, 0.15) is 89.3 Å². The van der Waals surface area contributed by atoms with Gasteiger partial charge in [-0.05, 0) is 98.0 Å². The molecule has 4 heterocycles. The second kappa shape index (κ2) is 14.2. The van der Waals surface area contributed by atoms with Gasteiger partial charge in [0.15, 0.2) is 14.6 Å². The number of aromatic nitrogens is 4. The number of nitrogens with zero attached hydrogens (tertiary/aromatic N) is 6. The predicted molar refractivity (Wildman–Crippen MR) is 208 cm³/mol. The lowest BCUT2D eigenvalue weighted by Crippen LogP contribution is -2.47. The first-order valence-electron chi connectivity index (χ1n) is 18.3. The van der Waals surface area contributed by atoms with Gasteiger partial charge in [0.2, 0.25) is 5.82 Å². The highest BCUT2D eigenvalue weighted by Gasteiger charge is 2.39. The fourth-order valence-corrected chi connectivity index (χ4v) is 8.76. The summed E-state index contributed by atoms with van der Waals surface area (Å²) in [4.78, 5) is 26.3. The van der Waals surface area contributed by atoms with Crippen molar-refractivity contribution >= 4 is 42.7 Å². The van der Waals surface area contributed by atoms with Crippen LogP contribution in [0.4, 0.5) is 5.69 Å². The van der Waals surface area contributed by atoms with Gasteiger partial charge in [0.1, 0.15) is 5.01 Å². The Balaban J connectivity index is 1.50. The largest absolute Gasteiger partial charge is 0.416 e. The van der Waals surface area contributed by atoms with Crippen molar-refractivity contribution < 1.29 is 14.0 Å². The van der Waals surface area contributed by atoms with Gasteiger partial charge in [-0.1, -0.05) is 34.6 Å². The molecule has 50 heavy (non-hydrogen) atoms. The smallest absolute Gasteiger partial charge is 0.206 e. The number of pyridine rings is 1. The molecular formula is C39H56N6O3SSi. The fraction of sp³-hybridized carbons (Fsp3) is 0.590. The Morgan fingerprint density at radius 1 is 1.08 bits per heavy atom. The van der Waals surface area contributed by atoms with Gasteiger partial charge in [-0.15, -0.1) is 0 Å². The summed E-state index contributed by atoms with van der Waals surface area (Å²) < 4.78 is 19.6. The predicted octanol–water partition coefficient (Wildman–Crippen LogP) is 8.64. The van der Waals surface area contributed by atoms with Gasteiger partial charge < -0.3 is 18.6 Å². The van der Waals surface area contributed by atoms with Gasteiger partial charge in [0.05, 0.1) is 29.4 Å². The highest BCUT2D eigenvalue weighted by molar-refractivity contribution is 7.09. The van der Waals surface area contributed by atoms with Gasteiger partial charge in [-0.25, -0.2) is 4.98 Å². The Kier molecular flexibility index (Phi) is 10.5. The van der Waals surface area contributed by atoms with Crippen molar-refractivity contribution in [2.24, 2.45) is 5.41 Å². The summed E-state index contributed by atoms with van der Waals surface area (Å²) in [6.07, 6.45) is 6.08. The normalized spacial score (nSPS) is 17.1. The molecule has 11 heteroatoms. The van der Waals surface area contributed by atoms with E-state index in [2.05, 4.69) is 116 Å². The molecule has 0 spiro atoms. The molecule has 1 aliphatic heterocycles. The van der Waals surface area contributed by atoms with Crippen LogP contribution >= 0.6 is 11.5 Å². The van der Waals surface area contributed by atoms with E-state index < -0.39 is 8.32 Å². The van der Waals surface area contributed by atoms with Crippen LogP contribution < -0.4 is 4.90 Å². The van der Waals surface area contributed by atoms with Gasteiger partial charge >= 0.3 is 0 Å². The maximum absolute atomic E-state index is 11.5. The third kappa shape index (κ3) is 7.48. The summed E-state index contributed by atoms with van der Waals surface area (Å²) in [7, 11) is -0.201. The summed E-state index contributed by atoms with van der Waals surface area (Å²) >= 11 is 1.26. The minimum atomic E-state index is -1.97. The quantitative estimate of drug-likeness (QED) is 0.100. The van der Waals surface area contributed by atoms with Crippen LogP contribution in [0.15, 0.2) is 30.5 Å². The van der Waals surface area contributed by atoms with Crippen LogP contribution in [0.25, 0.3) is 32.7 Å². The number of aldehydes is 1. The van der Waals surface area contributed by atoms with Gasteiger partial charge in [-0.2, -0.15) is 4.37 Å². The highest BCUT2D eigenvalue weighted by Crippen LogP contribution is 2.44. The van der Waals surface area contributed by atoms with Gasteiger partial charge in [0.25, 0.3) is 0 Å². The molecule has 0 amide bonds. The molecule has 4 aromatic rings. The van der Waals surface area contributed by atoms with Crippen LogP contribution in [0.3, 0.4) is 0 Å². The van der Waals surface area contributed by atoms with Crippen LogP contribution in [0, 0.1) is 5.41 Å². The van der Waals surface area contributed by atoms with Crippen LogP contribution in [-0.2, 0) is 22.1 Å². The number of ether oxygens (including phenoxy) is 1. The van der Waals surface area contributed by atoms with Crippen molar-refractivity contribution in [2.45, 2.75) is 105 Å². The Hall–Kier alpha value is -2.96. The monoisotopic (exact) mass is 716 g/mol. The molecule has 2 fully saturated rings. The summed E-state index contributed by atoms with van der Waals surface area (Å²) in [5.41, 5.74) is 7.67. The van der Waals surface area contributed by atoms with E-state index in [0.717, 1.165) is 72.7 Å². The van der Waals surface area contributed by atoms with E-state index >= 15 is 0 Å². The number of rotatable bonds is 13. The van der Waals surface area contributed by atoms with Crippen LogP contribution in [-0.4, -0.2) is 84.3 Å². The van der Waals surface area contributed by atoms with Crippen LogP contribution in [0.2, 0.25) is 18.1 Å². The van der Waals surface area contributed by atoms with Crippen molar-refractivity contribution in [1.82, 2.24) is 23.8 Å². The number of carbonyl (C=O) groups is 1. The standard InChI is InChI=1S/C39H56N6O3SSi/c1-11-45-33-15-12-27(37-41-34(24-46)42-49-37)20-30(33)32(22-39(6,7)25-48-50(9,10)38(3,4)5)36(45)31-21-29(23-40-35(31)26(2)47-8)44-18-16-43(17-19-44)28-13-14-28/h12,15,20-21,23-24,26,28H,11,13-14,16-19,22,25H2,1-10H3/t26-/m0/s1. The summed E-state index contributed by atoms with van der Waals surface area (Å²) in [5.74, 6) is 0.222. The molecule has 1 atom stereocenters. The highest BCUT2D eigenvalue weighted by atomic mass is 32.1. The number of benzene rings is 1. The molecule has 1 aromatic carbocycles. The maximum Gasteiger partial charge on any atom is 0.206 e. The summed E-state index contributed by atoms with van der Waals surface area (Å²) in [6, 6.07) is 9.72. The number of carbonyl (C=O) groups excluding carboxylic acids is 1. The lowest BCUT2D eigenvalue weighted by molar-refractivity contribution is 0.111. The zero-order valence-electron chi connectivity index (χ0n) is 31.8. The molecule has 0 N–H and O–H groups in total. The van der Waals surface area contributed by atoms with Crippen molar-refractivity contribution in [3.8, 4) is 21.8 Å². The Morgan fingerprint density at radius 3 is 2.40 bits per heavy atom. The average molecular weight is 717 g/mol. The lowest BCUT2D eigenvalue weighted by atomic mass is 9.84. The summed E-state index contributed by atoms with van der Waals surface area (Å²) in [6.45, 7) is 26.2. The molecule has 0 radical (unpaired) electrons. The number of hydrogen-bond donors (Lipinski definition) is 0. The SMILES string of the molecule is CCn1c(-c2cc(N3CCN(C4CC4)CC3)cnc2[C@H](C)OC)c(CC(C)(C)CO[Si](C)(C)C(C)(C)C)c2cc(-c3nc(C=O)ns3)ccc21. The second-order valence-electron chi connectivity index (χ2n) is 16.5. The summed E-state index contributed by atoms with van der Waals surface area (Å²) in [5, 5.41) is 2.06. The van der Waals surface area contributed by atoms with Crippen molar-refractivity contribution in [1.29, 1.82) is 0 Å². The minimum absolute atomic E-state index is 0.130. The third-order valence-electron chi connectivity index (χ3n) is 11.2. The molecule has 2 aliphatic rings. The number of aryl methyl sites for hydroxylation is 1. The maximum atomic E-state index is 11.5. The molecule has 270 valence electrons. The van der Waals surface area contributed by atoms with Crippen molar-refractivity contribution in [2.75, 3.05) is 44.8 Å². The number of hydrogen-bond acceptors (Lipinski definition) is 9. The third-order valence-corrected chi connectivity index (χ3v) is 16.5. The van der Waals surface area contributed by atoms with E-state index in [1.807, 2.05) is 0 Å². The lowest BCUT2D eigenvalue weighted by Gasteiger charge is -2.39. The molecule has 0 bridgehead atoms. The van der Waals surface area contributed by atoms with Crippen LogP contribution in [0.5, 0.6) is 0 Å². The first-order valence-corrected chi connectivity index (χ1v) is 21.9. The van der Waals surface area contributed by atoms with E-state index in [-0.39, 0.29) is 22.4 Å². The average Bonchev–Trinajstić information content (AvgIpc) is 3.76. The minimum Gasteiger partial charge on any atom is -0.416 e. The van der Waals surface area contributed by atoms with E-state index in [4.69, 9.17) is 14.1 Å². The molecule has 6 rings (SSSR count). The fourth-order valence-electron chi connectivity index (χ4n) is 6.94. The van der Waals surface area contributed by atoms with Gasteiger partial charge in [0, 0.05) is 74.5 Å². The Morgan fingerprint density at radius 2 is 1.80 bits per heavy atom. The van der Waals surface area contributed by atoms with E-state index in [0.29, 0.717) is 12.9 Å². The molecule has 1 aliphatic carbocycles. The topological polar surface area (TPSA) is 85.6 Å². The molecule has 9 nitrogen and oxygen atoms in total. The van der Waals surface area contributed by atoms with E-state index in [9.17, 15) is 4.79 Å². The molecular weight excluding hydrogens is 661 g/mol.